The van der Waals surface area contributed by atoms with E-state index in [-0.39, 0.29) is 27.7 Å². The number of hydrogen-bond donors (Lipinski definition) is 2. The number of nitrogens with two attached hydrogens (primary N) is 2. The van der Waals surface area contributed by atoms with E-state index in [9.17, 15) is 13.2 Å². The minimum absolute atomic E-state index is 0.0147. The van der Waals surface area contributed by atoms with Gasteiger partial charge < -0.3 is 16.2 Å². The van der Waals surface area contributed by atoms with Crippen LogP contribution in [0.3, 0.4) is 0 Å². The van der Waals surface area contributed by atoms with Crippen LogP contribution in [0.15, 0.2) is 36.4 Å². The Morgan fingerprint density at radius 3 is 2.04 bits per heavy atom. The van der Waals surface area contributed by atoms with Gasteiger partial charge in [-0.2, -0.15) is 9.67 Å². The number of hydrogen-bond acceptors (Lipinski definition) is 5. The van der Waals surface area contributed by atoms with Gasteiger partial charge in [-0.05, 0) is 29.8 Å². The highest BCUT2D eigenvalue weighted by Gasteiger charge is 2.31. The maximum Gasteiger partial charge on any atom is 0.573 e. The van der Waals surface area contributed by atoms with Crippen molar-refractivity contribution >= 4 is 35.1 Å². The number of rotatable bonds is 3. The van der Waals surface area contributed by atoms with Crippen molar-refractivity contribution < 1.29 is 17.9 Å². The first-order valence-corrected chi connectivity index (χ1v) is 7.73. The van der Waals surface area contributed by atoms with E-state index in [2.05, 4.69) is 14.8 Å². The van der Waals surface area contributed by atoms with Crippen LogP contribution in [-0.2, 0) is 0 Å². The Balaban J connectivity index is 1.97. The first kappa shape index (κ1) is 18.2. The second-order valence-corrected chi connectivity index (χ2v) is 5.91. The minimum Gasteiger partial charge on any atom is -0.406 e. The summed E-state index contributed by atoms with van der Waals surface area (Å²) < 4.78 is 41.8. The summed E-state index contributed by atoms with van der Waals surface area (Å²) in [5, 5.41) is 4.41. The third kappa shape index (κ3) is 3.78. The molecular weight excluding hydrogens is 394 g/mol. The van der Waals surface area contributed by atoms with Crippen molar-refractivity contribution in [3.05, 3.63) is 46.4 Å². The van der Waals surface area contributed by atoms with Gasteiger partial charge in [0, 0.05) is 5.56 Å². The topological polar surface area (TPSA) is 92.0 Å². The Labute approximate surface area is 155 Å². The zero-order chi connectivity index (χ0) is 19.1. The molecule has 1 heterocycles. The van der Waals surface area contributed by atoms with Crippen LogP contribution in [0.5, 0.6) is 5.75 Å². The predicted octanol–water partition coefficient (Wildman–Crippen LogP) is 4.30. The summed E-state index contributed by atoms with van der Waals surface area (Å²) in [7, 11) is 0. The normalized spacial score (nSPS) is 11.6. The van der Waals surface area contributed by atoms with Crippen LogP contribution in [0, 0.1) is 0 Å². The lowest BCUT2D eigenvalue weighted by Gasteiger charge is -2.12. The number of halogens is 5. The van der Waals surface area contributed by atoms with E-state index in [1.54, 1.807) is 0 Å². The van der Waals surface area contributed by atoms with Crippen LogP contribution in [0.25, 0.3) is 16.8 Å². The standard InChI is InChI=1S/C15H10Cl2F3N5O/c16-10-5-8(25-14(22)23-13(21)24-25)6-11(17)12(10)7-1-3-9(4-2-7)26-15(18,19)20/h1-6H,(H4,21,22,23,24). The summed E-state index contributed by atoms with van der Waals surface area (Å²) >= 11 is 12.6. The molecule has 1 aromatic heterocycles. The second kappa shape index (κ2) is 6.58. The van der Waals surface area contributed by atoms with E-state index in [0.29, 0.717) is 16.8 Å². The molecule has 4 N–H and O–H groups in total. The second-order valence-electron chi connectivity index (χ2n) is 5.10. The molecule has 11 heteroatoms. The van der Waals surface area contributed by atoms with Crippen LogP contribution in [-0.4, -0.2) is 21.1 Å². The van der Waals surface area contributed by atoms with E-state index in [0.717, 1.165) is 0 Å². The van der Waals surface area contributed by atoms with Gasteiger partial charge in [0.05, 0.1) is 15.7 Å². The molecule has 0 saturated heterocycles. The van der Waals surface area contributed by atoms with Gasteiger partial charge in [-0.1, -0.05) is 35.3 Å². The molecule has 0 bridgehead atoms. The van der Waals surface area contributed by atoms with Gasteiger partial charge in [0.15, 0.2) is 0 Å². The molecule has 3 aromatic rings. The average Bonchev–Trinajstić information content (AvgIpc) is 2.85. The molecule has 0 saturated carbocycles. The number of nitrogen functional groups attached to an aromatic ring is 2. The van der Waals surface area contributed by atoms with E-state index < -0.39 is 6.36 Å². The third-order valence-corrected chi connectivity index (χ3v) is 3.89. The molecular formula is C15H10Cl2F3N5O. The number of ether oxygens (including phenoxy) is 1. The van der Waals surface area contributed by atoms with Crippen molar-refractivity contribution in [2.45, 2.75) is 6.36 Å². The summed E-state index contributed by atoms with van der Waals surface area (Å²) in [6, 6.07) is 8.23. The van der Waals surface area contributed by atoms with Crippen LogP contribution in [0.1, 0.15) is 0 Å². The molecule has 0 fully saturated rings. The van der Waals surface area contributed by atoms with Crippen molar-refractivity contribution in [1.82, 2.24) is 14.8 Å². The van der Waals surface area contributed by atoms with Crippen molar-refractivity contribution in [2.24, 2.45) is 0 Å². The molecule has 6 nitrogen and oxygen atoms in total. The van der Waals surface area contributed by atoms with Gasteiger partial charge in [0.25, 0.3) is 0 Å². The Morgan fingerprint density at radius 2 is 1.58 bits per heavy atom. The molecule has 2 aromatic carbocycles. The van der Waals surface area contributed by atoms with Gasteiger partial charge in [-0.25, -0.2) is 0 Å². The highest BCUT2D eigenvalue weighted by molar-refractivity contribution is 6.39. The largest absolute Gasteiger partial charge is 0.573 e. The fraction of sp³-hybridized carbons (Fsp3) is 0.0667. The number of alkyl halides is 3. The minimum atomic E-state index is -4.77. The first-order valence-electron chi connectivity index (χ1n) is 6.97. The fourth-order valence-corrected chi connectivity index (χ4v) is 3.01. The molecule has 0 spiro atoms. The lowest BCUT2D eigenvalue weighted by atomic mass is 10.0. The summed E-state index contributed by atoms with van der Waals surface area (Å²) in [4.78, 5) is 3.78. The van der Waals surface area contributed by atoms with Crippen LogP contribution in [0.4, 0.5) is 25.1 Å². The molecule has 0 aliphatic heterocycles. The van der Waals surface area contributed by atoms with Gasteiger partial charge in [0.2, 0.25) is 11.9 Å². The van der Waals surface area contributed by atoms with Gasteiger partial charge >= 0.3 is 6.36 Å². The van der Waals surface area contributed by atoms with Crippen molar-refractivity contribution in [1.29, 1.82) is 0 Å². The monoisotopic (exact) mass is 403 g/mol. The molecule has 0 radical (unpaired) electrons. The fourth-order valence-electron chi connectivity index (χ4n) is 2.31. The summed E-state index contributed by atoms with van der Waals surface area (Å²) in [5.74, 6) is -0.314. The summed E-state index contributed by atoms with van der Waals surface area (Å²) in [5.41, 5.74) is 12.6. The van der Waals surface area contributed by atoms with Crippen LogP contribution >= 0.6 is 23.2 Å². The number of aromatic nitrogens is 3. The maximum absolute atomic E-state index is 12.2. The Bertz CT molecular complexity index is 934. The smallest absolute Gasteiger partial charge is 0.406 e. The lowest BCUT2D eigenvalue weighted by molar-refractivity contribution is -0.274. The van der Waals surface area contributed by atoms with E-state index in [4.69, 9.17) is 34.7 Å². The highest BCUT2D eigenvalue weighted by atomic mass is 35.5. The SMILES string of the molecule is Nc1nc(N)n(-c2cc(Cl)c(-c3ccc(OC(F)(F)F)cc3)c(Cl)c2)n1. The van der Waals surface area contributed by atoms with Gasteiger partial charge in [0.1, 0.15) is 5.75 Å². The molecule has 0 aliphatic rings. The molecule has 0 amide bonds. The van der Waals surface area contributed by atoms with Crippen molar-refractivity contribution in [3.63, 3.8) is 0 Å². The maximum atomic E-state index is 12.2. The highest BCUT2D eigenvalue weighted by Crippen LogP contribution is 2.38. The molecule has 26 heavy (non-hydrogen) atoms. The molecule has 136 valence electrons. The van der Waals surface area contributed by atoms with Crippen molar-refractivity contribution in [3.8, 4) is 22.6 Å². The lowest BCUT2D eigenvalue weighted by Crippen LogP contribution is -2.16. The van der Waals surface area contributed by atoms with Crippen molar-refractivity contribution in [2.75, 3.05) is 11.5 Å². The van der Waals surface area contributed by atoms with Crippen LogP contribution in [0.2, 0.25) is 10.0 Å². The van der Waals surface area contributed by atoms with Gasteiger partial charge in [-0.15, -0.1) is 18.3 Å². The number of anilines is 2. The Kier molecular flexibility index (Phi) is 4.59. The van der Waals surface area contributed by atoms with E-state index >= 15 is 0 Å². The zero-order valence-electron chi connectivity index (χ0n) is 12.8. The summed E-state index contributed by atoms with van der Waals surface area (Å²) in [6.07, 6.45) is -4.77. The Morgan fingerprint density at radius 1 is 1.00 bits per heavy atom. The molecule has 0 unspecified atom stereocenters. The third-order valence-electron chi connectivity index (χ3n) is 3.30. The average molecular weight is 404 g/mol. The zero-order valence-corrected chi connectivity index (χ0v) is 14.3. The van der Waals surface area contributed by atoms with E-state index in [1.807, 2.05) is 0 Å². The van der Waals surface area contributed by atoms with Gasteiger partial charge in [-0.3, -0.25) is 0 Å². The van der Waals surface area contributed by atoms with Crippen LogP contribution < -0.4 is 16.2 Å². The molecule has 3 rings (SSSR count). The number of benzene rings is 2. The number of nitrogens with zero attached hydrogens (tertiary/aromatic N) is 3. The molecule has 0 aliphatic carbocycles. The van der Waals surface area contributed by atoms with E-state index in [1.165, 1.54) is 41.1 Å². The summed E-state index contributed by atoms with van der Waals surface area (Å²) in [6.45, 7) is 0. The first-order chi connectivity index (χ1) is 12.1. The Hall–Kier alpha value is -2.65. The quantitative estimate of drug-likeness (QED) is 0.679. The molecule has 0 atom stereocenters. The predicted molar refractivity (Wildman–Crippen MR) is 92.3 cm³/mol.